The summed E-state index contributed by atoms with van der Waals surface area (Å²) in [5.74, 6) is 0.291. The largest absolute Gasteiger partial charge is 0.462 e. The molecule has 0 bridgehead atoms. The molecule has 7 heteroatoms. The Morgan fingerprint density at radius 1 is 1.27 bits per heavy atom. The molecule has 1 aliphatic heterocycles. The van der Waals surface area contributed by atoms with Crippen molar-refractivity contribution >= 4 is 23.4 Å². The van der Waals surface area contributed by atoms with Crippen molar-refractivity contribution in [3.8, 4) is 0 Å². The Bertz CT molecular complexity index is 749. The third-order valence-corrected chi connectivity index (χ3v) is 4.33. The van der Waals surface area contributed by atoms with Crippen molar-refractivity contribution in [3.05, 3.63) is 48.4 Å². The number of nitrogens with one attached hydrogen (secondary N) is 1. The van der Waals surface area contributed by atoms with E-state index in [9.17, 15) is 9.59 Å². The molecule has 0 spiro atoms. The van der Waals surface area contributed by atoms with E-state index < -0.39 is 0 Å². The van der Waals surface area contributed by atoms with E-state index in [1.807, 2.05) is 0 Å². The average molecular weight is 354 g/mol. The Kier molecular flexibility index (Phi) is 5.78. The number of carbonyl (C=O) groups excluding carboxylic acids is 2. The van der Waals surface area contributed by atoms with Crippen LogP contribution in [-0.2, 0) is 9.53 Å². The Morgan fingerprint density at radius 3 is 2.77 bits per heavy atom. The van der Waals surface area contributed by atoms with E-state index in [1.54, 1.807) is 49.8 Å². The highest BCUT2D eigenvalue weighted by Crippen LogP contribution is 2.22. The lowest BCUT2D eigenvalue weighted by atomic mass is 9.97. The van der Waals surface area contributed by atoms with Crippen molar-refractivity contribution in [2.75, 3.05) is 29.9 Å². The quantitative estimate of drug-likeness (QED) is 0.831. The first kappa shape index (κ1) is 17.8. The van der Waals surface area contributed by atoms with Gasteiger partial charge >= 0.3 is 5.97 Å². The van der Waals surface area contributed by atoms with Crippen molar-refractivity contribution in [1.82, 2.24) is 9.97 Å². The number of piperidine rings is 1. The molecule has 3 rings (SSSR count). The molecule has 0 unspecified atom stereocenters. The molecule has 7 nitrogen and oxygen atoms in total. The maximum absolute atomic E-state index is 12.6. The van der Waals surface area contributed by atoms with Gasteiger partial charge in [0.05, 0.1) is 24.3 Å². The van der Waals surface area contributed by atoms with Crippen molar-refractivity contribution in [3.63, 3.8) is 0 Å². The molecule has 0 saturated carbocycles. The number of aromatic nitrogens is 2. The Balaban J connectivity index is 1.60. The van der Waals surface area contributed by atoms with Crippen LogP contribution in [0.25, 0.3) is 0 Å². The van der Waals surface area contributed by atoms with Gasteiger partial charge < -0.3 is 15.0 Å². The van der Waals surface area contributed by atoms with Crippen LogP contribution in [0.2, 0.25) is 0 Å². The first-order valence-corrected chi connectivity index (χ1v) is 8.76. The summed E-state index contributed by atoms with van der Waals surface area (Å²) in [6.45, 7) is 3.59. The molecular weight excluding hydrogens is 332 g/mol. The van der Waals surface area contributed by atoms with Gasteiger partial charge in [0.25, 0.3) is 0 Å². The molecule has 2 heterocycles. The van der Waals surface area contributed by atoms with Gasteiger partial charge in [-0.25, -0.2) is 9.78 Å². The van der Waals surface area contributed by atoms with E-state index in [4.69, 9.17) is 4.74 Å². The van der Waals surface area contributed by atoms with Gasteiger partial charge in [0.15, 0.2) is 0 Å². The lowest BCUT2D eigenvalue weighted by Gasteiger charge is -2.32. The van der Waals surface area contributed by atoms with Crippen LogP contribution < -0.4 is 10.2 Å². The van der Waals surface area contributed by atoms with Crippen molar-refractivity contribution in [1.29, 1.82) is 0 Å². The predicted octanol–water partition coefficient (Wildman–Crippen LogP) is 2.51. The fraction of sp³-hybridized carbons (Fsp3) is 0.368. The topological polar surface area (TPSA) is 84.4 Å². The zero-order valence-electron chi connectivity index (χ0n) is 14.7. The minimum absolute atomic E-state index is 0.0255. The van der Waals surface area contributed by atoms with Crippen LogP contribution in [0.5, 0.6) is 0 Å². The number of hydrogen-bond donors (Lipinski definition) is 1. The molecule has 1 saturated heterocycles. The lowest BCUT2D eigenvalue weighted by Crippen LogP contribution is -2.41. The van der Waals surface area contributed by atoms with E-state index in [2.05, 4.69) is 20.2 Å². The van der Waals surface area contributed by atoms with Gasteiger partial charge in [-0.2, -0.15) is 0 Å². The van der Waals surface area contributed by atoms with E-state index >= 15 is 0 Å². The first-order valence-electron chi connectivity index (χ1n) is 8.76. The minimum Gasteiger partial charge on any atom is -0.462 e. The second-order valence-electron chi connectivity index (χ2n) is 6.14. The average Bonchev–Trinajstić information content (AvgIpc) is 2.69. The third-order valence-electron chi connectivity index (χ3n) is 4.33. The molecule has 1 atom stereocenters. The summed E-state index contributed by atoms with van der Waals surface area (Å²) < 4.78 is 4.96. The third kappa shape index (κ3) is 4.36. The molecule has 136 valence electrons. The molecule has 0 aliphatic carbocycles. The zero-order chi connectivity index (χ0) is 18.4. The van der Waals surface area contributed by atoms with E-state index in [0.717, 1.165) is 25.2 Å². The van der Waals surface area contributed by atoms with Gasteiger partial charge in [0.2, 0.25) is 5.91 Å². The SMILES string of the molecule is CCOC(=O)c1ccc(NC(=O)[C@@H]2CCCN(c3cnccn3)C2)cc1. The number of anilines is 2. The minimum atomic E-state index is -0.364. The molecular formula is C19H22N4O3. The second-order valence-corrected chi connectivity index (χ2v) is 6.14. The summed E-state index contributed by atoms with van der Waals surface area (Å²) >= 11 is 0. The fourth-order valence-corrected chi connectivity index (χ4v) is 3.00. The van der Waals surface area contributed by atoms with Crippen molar-refractivity contribution in [2.45, 2.75) is 19.8 Å². The van der Waals surface area contributed by atoms with Crippen LogP contribution in [0.1, 0.15) is 30.1 Å². The van der Waals surface area contributed by atoms with E-state index in [1.165, 1.54) is 0 Å². The molecule has 1 N–H and O–H groups in total. The summed E-state index contributed by atoms with van der Waals surface area (Å²) in [6, 6.07) is 6.74. The Hall–Kier alpha value is -2.96. The maximum atomic E-state index is 12.6. The highest BCUT2D eigenvalue weighted by molar-refractivity contribution is 5.94. The van der Waals surface area contributed by atoms with E-state index in [-0.39, 0.29) is 17.8 Å². The number of rotatable bonds is 5. The standard InChI is InChI=1S/C19H22N4O3/c1-2-26-19(25)14-5-7-16(8-6-14)22-18(24)15-4-3-11-23(13-15)17-12-20-9-10-21-17/h5-10,12,15H,2-4,11,13H2,1H3,(H,22,24)/t15-/m1/s1. The summed E-state index contributed by atoms with van der Waals surface area (Å²) in [7, 11) is 0. The van der Waals surface area contributed by atoms with Gasteiger partial charge in [-0.15, -0.1) is 0 Å². The number of carbonyl (C=O) groups is 2. The van der Waals surface area contributed by atoms with Gasteiger partial charge in [0, 0.05) is 31.2 Å². The number of esters is 1. The van der Waals surface area contributed by atoms with Gasteiger partial charge in [-0.3, -0.25) is 9.78 Å². The number of benzene rings is 1. The first-order chi connectivity index (χ1) is 12.7. The normalized spacial score (nSPS) is 16.8. The Labute approximate surface area is 152 Å². The number of hydrogen-bond acceptors (Lipinski definition) is 6. The van der Waals surface area contributed by atoms with Gasteiger partial charge in [0.1, 0.15) is 5.82 Å². The van der Waals surface area contributed by atoms with Gasteiger partial charge in [-0.1, -0.05) is 0 Å². The monoisotopic (exact) mass is 354 g/mol. The van der Waals surface area contributed by atoms with Crippen LogP contribution in [0.4, 0.5) is 11.5 Å². The summed E-state index contributed by atoms with van der Waals surface area (Å²) in [5.41, 5.74) is 1.14. The number of ether oxygens (including phenoxy) is 1. The number of nitrogens with zero attached hydrogens (tertiary/aromatic N) is 3. The molecule has 26 heavy (non-hydrogen) atoms. The molecule has 0 radical (unpaired) electrons. The van der Waals surface area contributed by atoms with Crippen LogP contribution in [-0.4, -0.2) is 41.5 Å². The van der Waals surface area contributed by atoms with Crippen molar-refractivity contribution in [2.24, 2.45) is 5.92 Å². The molecule has 1 fully saturated rings. The van der Waals surface area contributed by atoms with Crippen LogP contribution in [0.15, 0.2) is 42.9 Å². The van der Waals surface area contributed by atoms with Crippen LogP contribution in [0, 0.1) is 5.92 Å². The highest BCUT2D eigenvalue weighted by Gasteiger charge is 2.26. The summed E-state index contributed by atoms with van der Waals surface area (Å²) in [4.78, 5) is 34.8. The highest BCUT2D eigenvalue weighted by atomic mass is 16.5. The van der Waals surface area contributed by atoms with Crippen LogP contribution >= 0.6 is 0 Å². The zero-order valence-corrected chi connectivity index (χ0v) is 14.7. The molecule has 1 aromatic carbocycles. The summed E-state index contributed by atoms with van der Waals surface area (Å²) in [5, 5.41) is 2.93. The molecule has 1 aromatic heterocycles. The second kappa shape index (κ2) is 8.42. The van der Waals surface area contributed by atoms with Gasteiger partial charge in [-0.05, 0) is 44.0 Å². The summed E-state index contributed by atoms with van der Waals surface area (Å²) in [6.07, 6.45) is 6.77. The number of amides is 1. The van der Waals surface area contributed by atoms with Crippen molar-refractivity contribution < 1.29 is 14.3 Å². The smallest absolute Gasteiger partial charge is 0.338 e. The lowest BCUT2D eigenvalue weighted by molar-refractivity contribution is -0.120. The maximum Gasteiger partial charge on any atom is 0.338 e. The molecule has 2 aromatic rings. The van der Waals surface area contributed by atoms with Crippen LogP contribution in [0.3, 0.4) is 0 Å². The molecule has 1 aliphatic rings. The fourth-order valence-electron chi connectivity index (χ4n) is 3.00. The molecule has 1 amide bonds. The Morgan fingerprint density at radius 2 is 2.08 bits per heavy atom. The van der Waals surface area contributed by atoms with E-state index in [0.29, 0.717) is 24.4 Å². The predicted molar refractivity (Wildman–Crippen MR) is 98.0 cm³/mol.